The van der Waals surface area contributed by atoms with Crippen LogP contribution in [0.3, 0.4) is 0 Å². The first-order valence-corrected chi connectivity index (χ1v) is 11.2. The Morgan fingerprint density at radius 2 is 1.55 bits per heavy atom. The highest BCUT2D eigenvalue weighted by molar-refractivity contribution is 7.89. The predicted octanol–water partition coefficient (Wildman–Crippen LogP) is 0.836. The second-order valence-corrected chi connectivity index (χ2v) is 9.20. The third-order valence-electron chi connectivity index (χ3n) is 5.21. The Morgan fingerprint density at radius 1 is 0.897 bits per heavy atom. The van der Waals surface area contributed by atoms with Gasteiger partial charge in [0.15, 0.2) is 0 Å². The Morgan fingerprint density at radius 3 is 2.14 bits per heavy atom. The van der Waals surface area contributed by atoms with Crippen LogP contribution >= 0.6 is 0 Å². The maximum atomic E-state index is 12.7. The quantitative estimate of drug-likeness (QED) is 0.721. The van der Waals surface area contributed by atoms with Crippen molar-refractivity contribution in [3.05, 3.63) is 35.9 Å². The summed E-state index contributed by atoms with van der Waals surface area (Å²) in [6.45, 7) is 8.75. The minimum atomic E-state index is -3.51. The number of aromatic nitrogens is 3. The fourth-order valence-corrected chi connectivity index (χ4v) is 5.03. The van der Waals surface area contributed by atoms with Crippen molar-refractivity contribution >= 4 is 21.7 Å². The first-order valence-electron chi connectivity index (χ1n) is 9.79. The minimum Gasteiger partial charge on any atom is -0.379 e. The highest BCUT2D eigenvalue weighted by Crippen LogP contribution is 2.21. The number of ether oxygens (including phenoxy) is 1. The molecule has 0 atom stereocenters. The molecule has 0 unspecified atom stereocenters. The Kier molecular flexibility index (Phi) is 5.66. The van der Waals surface area contributed by atoms with E-state index < -0.39 is 10.0 Å². The zero-order valence-electron chi connectivity index (χ0n) is 16.8. The van der Waals surface area contributed by atoms with Gasteiger partial charge in [-0.1, -0.05) is 0 Å². The van der Waals surface area contributed by atoms with Crippen LogP contribution in [-0.2, 0) is 14.8 Å². The summed E-state index contributed by atoms with van der Waals surface area (Å²) in [5.74, 6) is 2.52. The average Bonchev–Trinajstić information content (AvgIpc) is 2.74. The normalized spacial score (nSPS) is 18.8. The van der Waals surface area contributed by atoms with Crippen LogP contribution in [-0.4, -0.2) is 80.2 Å². The summed E-state index contributed by atoms with van der Waals surface area (Å²) in [5.41, 5.74) is 0.966. The molecular weight excluding hydrogens is 392 g/mol. The molecule has 0 aromatic carbocycles. The van der Waals surface area contributed by atoms with Crippen molar-refractivity contribution in [2.45, 2.75) is 18.7 Å². The lowest BCUT2D eigenvalue weighted by atomic mass is 10.3. The Hall–Kier alpha value is -2.30. The average molecular weight is 419 g/mol. The van der Waals surface area contributed by atoms with Gasteiger partial charge in [-0.05, 0) is 26.0 Å². The number of piperazine rings is 1. The molecule has 4 rings (SSSR count). The summed E-state index contributed by atoms with van der Waals surface area (Å²) in [6.07, 6.45) is 1.46. The third-order valence-corrected chi connectivity index (χ3v) is 7.09. The molecule has 2 aromatic rings. The van der Waals surface area contributed by atoms with E-state index in [1.165, 1.54) is 10.5 Å². The van der Waals surface area contributed by atoms with Crippen LogP contribution in [0, 0.1) is 13.8 Å². The number of nitrogens with zero attached hydrogens (tertiary/aromatic N) is 6. The van der Waals surface area contributed by atoms with E-state index in [4.69, 9.17) is 4.74 Å². The van der Waals surface area contributed by atoms with Gasteiger partial charge in [0.05, 0.1) is 13.2 Å². The minimum absolute atomic E-state index is 0.230. The molecule has 0 spiro atoms. The number of anilines is 2. The number of sulfonamides is 1. The van der Waals surface area contributed by atoms with Crippen LogP contribution in [0.1, 0.15) is 11.5 Å². The Balaban J connectivity index is 1.41. The SMILES string of the molecule is Cc1cc(N2CCN(c3ccc(S(=O)(=O)N4CCOCC4)cn3)CC2)nc(C)n1. The highest BCUT2D eigenvalue weighted by atomic mass is 32.2. The van der Waals surface area contributed by atoms with Gasteiger partial charge in [-0.25, -0.2) is 23.4 Å². The van der Waals surface area contributed by atoms with E-state index in [2.05, 4.69) is 24.8 Å². The maximum Gasteiger partial charge on any atom is 0.244 e. The summed E-state index contributed by atoms with van der Waals surface area (Å²) < 4.78 is 32.2. The van der Waals surface area contributed by atoms with Gasteiger partial charge in [0, 0.05) is 57.2 Å². The van der Waals surface area contributed by atoms with Gasteiger partial charge in [0.1, 0.15) is 22.4 Å². The molecule has 2 fully saturated rings. The summed E-state index contributed by atoms with van der Waals surface area (Å²) >= 11 is 0. The molecule has 2 aromatic heterocycles. The third kappa shape index (κ3) is 4.34. The zero-order chi connectivity index (χ0) is 20.4. The molecular formula is C19H26N6O3S. The van der Waals surface area contributed by atoms with E-state index in [0.717, 1.165) is 49.3 Å². The smallest absolute Gasteiger partial charge is 0.244 e. The highest BCUT2D eigenvalue weighted by Gasteiger charge is 2.27. The van der Waals surface area contributed by atoms with Crippen molar-refractivity contribution in [3.8, 4) is 0 Å². The number of hydrogen-bond acceptors (Lipinski definition) is 8. The fourth-order valence-electron chi connectivity index (χ4n) is 3.67. The van der Waals surface area contributed by atoms with Crippen LogP contribution in [0.5, 0.6) is 0 Å². The number of rotatable bonds is 4. The van der Waals surface area contributed by atoms with Gasteiger partial charge in [0.2, 0.25) is 10.0 Å². The molecule has 0 amide bonds. The lowest BCUT2D eigenvalue weighted by Crippen LogP contribution is -2.47. The van der Waals surface area contributed by atoms with E-state index in [-0.39, 0.29) is 4.90 Å². The van der Waals surface area contributed by atoms with E-state index in [1.54, 1.807) is 12.1 Å². The summed E-state index contributed by atoms with van der Waals surface area (Å²) in [7, 11) is -3.51. The van der Waals surface area contributed by atoms with Crippen molar-refractivity contribution in [1.29, 1.82) is 0 Å². The second kappa shape index (κ2) is 8.21. The van der Waals surface area contributed by atoms with Crippen LogP contribution in [0.15, 0.2) is 29.3 Å². The van der Waals surface area contributed by atoms with Gasteiger partial charge >= 0.3 is 0 Å². The summed E-state index contributed by atoms with van der Waals surface area (Å²) in [6, 6.07) is 5.45. The molecule has 2 saturated heterocycles. The van der Waals surface area contributed by atoms with Gasteiger partial charge < -0.3 is 14.5 Å². The van der Waals surface area contributed by atoms with Gasteiger partial charge in [-0.2, -0.15) is 4.31 Å². The molecule has 0 bridgehead atoms. The predicted molar refractivity (Wildman–Crippen MR) is 110 cm³/mol. The molecule has 9 nitrogen and oxygen atoms in total. The number of pyridine rings is 1. The van der Waals surface area contributed by atoms with Crippen LogP contribution in [0.4, 0.5) is 11.6 Å². The number of morpholine rings is 1. The number of hydrogen-bond donors (Lipinski definition) is 0. The van der Waals surface area contributed by atoms with Crippen LogP contribution in [0.2, 0.25) is 0 Å². The molecule has 4 heterocycles. The molecule has 2 aliphatic heterocycles. The molecule has 29 heavy (non-hydrogen) atoms. The lowest BCUT2D eigenvalue weighted by Gasteiger charge is -2.36. The van der Waals surface area contributed by atoms with Gasteiger partial charge in [-0.3, -0.25) is 0 Å². The monoisotopic (exact) mass is 418 g/mol. The summed E-state index contributed by atoms with van der Waals surface area (Å²) in [5, 5.41) is 0. The Labute approximate surface area is 171 Å². The topological polar surface area (TPSA) is 91.8 Å². The first kappa shape index (κ1) is 20.0. The van der Waals surface area contributed by atoms with Crippen molar-refractivity contribution in [1.82, 2.24) is 19.3 Å². The molecule has 0 aliphatic carbocycles. The van der Waals surface area contributed by atoms with E-state index >= 15 is 0 Å². The Bertz CT molecular complexity index is 932. The molecule has 0 radical (unpaired) electrons. The van der Waals surface area contributed by atoms with Gasteiger partial charge in [-0.15, -0.1) is 0 Å². The first-order chi connectivity index (χ1) is 13.9. The molecule has 156 valence electrons. The van der Waals surface area contributed by atoms with Crippen LogP contribution in [0.25, 0.3) is 0 Å². The van der Waals surface area contributed by atoms with Crippen molar-refractivity contribution < 1.29 is 13.2 Å². The largest absolute Gasteiger partial charge is 0.379 e. The standard InChI is InChI=1S/C19H26N6O3S/c1-15-13-19(22-16(2)21-15)24-7-5-23(6-8-24)18-4-3-17(14-20-18)29(26,27)25-9-11-28-12-10-25/h3-4,13-14H,5-12H2,1-2H3. The maximum absolute atomic E-state index is 12.7. The van der Waals surface area contributed by atoms with E-state index in [0.29, 0.717) is 26.3 Å². The zero-order valence-corrected chi connectivity index (χ0v) is 17.6. The van der Waals surface area contributed by atoms with Crippen molar-refractivity contribution in [3.63, 3.8) is 0 Å². The number of aryl methyl sites for hydroxylation is 2. The lowest BCUT2D eigenvalue weighted by molar-refractivity contribution is 0.0730. The second-order valence-electron chi connectivity index (χ2n) is 7.26. The van der Waals surface area contributed by atoms with Crippen LogP contribution < -0.4 is 9.80 Å². The summed E-state index contributed by atoms with van der Waals surface area (Å²) in [4.78, 5) is 18.0. The van der Waals surface area contributed by atoms with E-state index in [9.17, 15) is 8.42 Å². The molecule has 2 aliphatic rings. The molecule has 0 N–H and O–H groups in total. The van der Waals surface area contributed by atoms with E-state index in [1.807, 2.05) is 19.9 Å². The van der Waals surface area contributed by atoms with Crippen molar-refractivity contribution in [2.75, 3.05) is 62.3 Å². The molecule has 10 heteroatoms. The van der Waals surface area contributed by atoms with Gasteiger partial charge in [0.25, 0.3) is 0 Å². The van der Waals surface area contributed by atoms with Crippen molar-refractivity contribution in [2.24, 2.45) is 0 Å². The fraction of sp³-hybridized carbons (Fsp3) is 0.526. The molecule has 0 saturated carbocycles.